The highest BCUT2D eigenvalue weighted by atomic mass is 19.1. The quantitative estimate of drug-likeness (QED) is 0.805. The Hall–Kier alpha value is -2.50. The molecule has 1 aromatic carbocycles. The first kappa shape index (κ1) is 17.8. The van der Waals surface area contributed by atoms with Gasteiger partial charge in [0.25, 0.3) is 5.91 Å². The van der Waals surface area contributed by atoms with Gasteiger partial charge in [0.15, 0.2) is 0 Å². The van der Waals surface area contributed by atoms with Crippen molar-refractivity contribution in [3.63, 3.8) is 0 Å². The standard InChI is InChI=1S/C18H23FN4O/c1-3-9-23(10-4-2)18(24)16-11-17(22-13-21-16)20-12-14-5-7-15(19)8-6-14/h5-8,11,13H,3-4,9-10,12H2,1-2H3,(H,20,21,22). The Morgan fingerprint density at radius 2 is 1.79 bits per heavy atom. The Labute approximate surface area is 141 Å². The zero-order chi connectivity index (χ0) is 17.4. The molecule has 1 aromatic heterocycles. The molecule has 1 amide bonds. The van der Waals surface area contributed by atoms with E-state index in [0.29, 0.717) is 18.1 Å². The predicted molar refractivity (Wildman–Crippen MR) is 92.2 cm³/mol. The van der Waals surface area contributed by atoms with Crippen LogP contribution in [0.1, 0.15) is 42.7 Å². The second-order valence-corrected chi connectivity index (χ2v) is 5.56. The summed E-state index contributed by atoms with van der Waals surface area (Å²) in [5.74, 6) is 0.233. The van der Waals surface area contributed by atoms with E-state index in [1.807, 2.05) is 18.7 Å². The van der Waals surface area contributed by atoms with Gasteiger partial charge in [0.05, 0.1) is 0 Å². The smallest absolute Gasteiger partial charge is 0.272 e. The highest BCUT2D eigenvalue weighted by Crippen LogP contribution is 2.10. The van der Waals surface area contributed by atoms with Gasteiger partial charge in [0.2, 0.25) is 0 Å². The van der Waals surface area contributed by atoms with E-state index in [-0.39, 0.29) is 11.7 Å². The van der Waals surface area contributed by atoms with Gasteiger partial charge in [0.1, 0.15) is 23.7 Å². The number of carbonyl (C=O) groups is 1. The minimum Gasteiger partial charge on any atom is -0.366 e. The Balaban J connectivity index is 2.04. The lowest BCUT2D eigenvalue weighted by molar-refractivity contribution is 0.0749. The van der Waals surface area contributed by atoms with Crippen molar-refractivity contribution in [2.75, 3.05) is 18.4 Å². The third-order valence-corrected chi connectivity index (χ3v) is 3.55. The van der Waals surface area contributed by atoms with Gasteiger partial charge in [-0.05, 0) is 30.5 Å². The Morgan fingerprint density at radius 3 is 2.42 bits per heavy atom. The minimum atomic E-state index is -0.263. The van der Waals surface area contributed by atoms with Gasteiger partial charge in [-0.1, -0.05) is 26.0 Å². The molecule has 0 aliphatic rings. The summed E-state index contributed by atoms with van der Waals surface area (Å²) in [5.41, 5.74) is 1.31. The Bertz CT molecular complexity index is 654. The average Bonchev–Trinajstić information content (AvgIpc) is 2.61. The van der Waals surface area contributed by atoms with Gasteiger partial charge in [-0.25, -0.2) is 14.4 Å². The molecule has 128 valence electrons. The monoisotopic (exact) mass is 330 g/mol. The number of halogens is 1. The lowest BCUT2D eigenvalue weighted by Gasteiger charge is -2.21. The number of nitrogens with one attached hydrogen (secondary N) is 1. The summed E-state index contributed by atoms with van der Waals surface area (Å²) in [6.07, 6.45) is 3.20. The van der Waals surface area contributed by atoms with Crippen LogP contribution in [0.4, 0.5) is 10.2 Å². The molecule has 1 heterocycles. The fraction of sp³-hybridized carbons (Fsp3) is 0.389. The predicted octanol–water partition coefficient (Wildman–Crippen LogP) is 3.49. The van der Waals surface area contributed by atoms with Crippen LogP contribution in [0.2, 0.25) is 0 Å². The van der Waals surface area contributed by atoms with Crippen LogP contribution in [0.15, 0.2) is 36.7 Å². The maximum absolute atomic E-state index is 12.9. The molecule has 2 aromatic rings. The molecule has 6 heteroatoms. The number of hydrogen-bond acceptors (Lipinski definition) is 4. The van der Waals surface area contributed by atoms with Crippen molar-refractivity contribution in [2.24, 2.45) is 0 Å². The van der Waals surface area contributed by atoms with E-state index < -0.39 is 0 Å². The van der Waals surface area contributed by atoms with Crippen LogP contribution in [-0.2, 0) is 6.54 Å². The first-order valence-corrected chi connectivity index (χ1v) is 8.23. The molecule has 0 aliphatic carbocycles. The number of nitrogens with zero attached hydrogens (tertiary/aromatic N) is 3. The van der Waals surface area contributed by atoms with Crippen molar-refractivity contribution in [1.82, 2.24) is 14.9 Å². The second-order valence-electron chi connectivity index (χ2n) is 5.56. The highest BCUT2D eigenvalue weighted by molar-refractivity contribution is 5.92. The third kappa shape index (κ3) is 5.01. The molecule has 0 bridgehead atoms. The first-order chi connectivity index (χ1) is 11.6. The second kappa shape index (κ2) is 8.96. The fourth-order valence-electron chi connectivity index (χ4n) is 2.38. The number of carbonyl (C=O) groups excluding carboxylic acids is 1. The number of amides is 1. The van der Waals surface area contributed by atoms with Gasteiger partial charge in [0, 0.05) is 25.7 Å². The number of hydrogen-bond donors (Lipinski definition) is 1. The molecule has 0 saturated carbocycles. The van der Waals surface area contributed by atoms with Crippen LogP contribution in [0.3, 0.4) is 0 Å². The number of aromatic nitrogens is 2. The number of anilines is 1. The van der Waals surface area contributed by atoms with Gasteiger partial charge < -0.3 is 10.2 Å². The summed E-state index contributed by atoms with van der Waals surface area (Å²) in [6.45, 7) is 6.03. The molecule has 0 saturated heterocycles. The van der Waals surface area contributed by atoms with Crippen molar-refractivity contribution in [3.05, 3.63) is 53.7 Å². The number of benzene rings is 1. The zero-order valence-electron chi connectivity index (χ0n) is 14.1. The molecule has 1 N–H and O–H groups in total. The van der Waals surface area contributed by atoms with E-state index >= 15 is 0 Å². The molecule has 5 nitrogen and oxygen atoms in total. The van der Waals surface area contributed by atoms with Gasteiger partial charge >= 0.3 is 0 Å². The topological polar surface area (TPSA) is 58.1 Å². The summed E-state index contributed by atoms with van der Waals surface area (Å²) in [4.78, 5) is 22.6. The van der Waals surface area contributed by atoms with Crippen LogP contribution < -0.4 is 5.32 Å². The van der Waals surface area contributed by atoms with E-state index in [1.54, 1.807) is 18.2 Å². The summed E-state index contributed by atoms with van der Waals surface area (Å²) in [7, 11) is 0. The van der Waals surface area contributed by atoms with E-state index in [1.165, 1.54) is 18.5 Å². The molecular weight excluding hydrogens is 307 g/mol. The maximum Gasteiger partial charge on any atom is 0.272 e. The molecule has 24 heavy (non-hydrogen) atoms. The summed E-state index contributed by atoms with van der Waals surface area (Å²) >= 11 is 0. The van der Waals surface area contributed by atoms with Crippen LogP contribution in [0.5, 0.6) is 0 Å². The van der Waals surface area contributed by atoms with Crippen molar-refractivity contribution in [3.8, 4) is 0 Å². The zero-order valence-corrected chi connectivity index (χ0v) is 14.1. The average molecular weight is 330 g/mol. The molecule has 0 radical (unpaired) electrons. The van der Waals surface area contributed by atoms with E-state index in [2.05, 4.69) is 15.3 Å². The fourth-order valence-corrected chi connectivity index (χ4v) is 2.38. The Kier molecular flexibility index (Phi) is 6.66. The Morgan fingerprint density at radius 1 is 1.12 bits per heavy atom. The molecule has 0 spiro atoms. The van der Waals surface area contributed by atoms with Crippen molar-refractivity contribution in [2.45, 2.75) is 33.2 Å². The number of rotatable bonds is 8. The van der Waals surface area contributed by atoms with Gasteiger partial charge in [-0.2, -0.15) is 0 Å². The van der Waals surface area contributed by atoms with Crippen molar-refractivity contribution >= 4 is 11.7 Å². The van der Waals surface area contributed by atoms with Crippen LogP contribution in [0.25, 0.3) is 0 Å². The van der Waals surface area contributed by atoms with Crippen LogP contribution >= 0.6 is 0 Å². The minimum absolute atomic E-state index is 0.0778. The van der Waals surface area contributed by atoms with Crippen LogP contribution in [0, 0.1) is 5.82 Å². The maximum atomic E-state index is 12.9. The van der Waals surface area contributed by atoms with Crippen LogP contribution in [-0.4, -0.2) is 33.9 Å². The summed E-state index contributed by atoms with van der Waals surface area (Å²) in [6, 6.07) is 7.91. The van der Waals surface area contributed by atoms with Gasteiger partial charge in [-0.15, -0.1) is 0 Å². The lowest BCUT2D eigenvalue weighted by Crippen LogP contribution is -2.33. The molecular formula is C18H23FN4O. The summed E-state index contributed by atoms with van der Waals surface area (Å²) < 4.78 is 12.9. The molecule has 0 atom stereocenters. The normalized spacial score (nSPS) is 10.5. The van der Waals surface area contributed by atoms with E-state index in [0.717, 1.165) is 31.5 Å². The highest BCUT2D eigenvalue weighted by Gasteiger charge is 2.16. The SMILES string of the molecule is CCCN(CCC)C(=O)c1cc(NCc2ccc(F)cc2)ncn1. The van der Waals surface area contributed by atoms with E-state index in [9.17, 15) is 9.18 Å². The molecule has 0 aliphatic heterocycles. The largest absolute Gasteiger partial charge is 0.366 e. The van der Waals surface area contributed by atoms with Crippen molar-refractivity contribution < 1.29 is 9.18 Å². The van der Waals surface area contributed by atoms with Crippen molar-refractivity contribution in [1.29, 1.82) is 0 Å². The first-order valence-electron chi connectivity index (χ1n) is 8.23. The molecule has 2 rings (SSSR count). The van der Waals surface area contributed by atoms with E-state index in [4.69, 9.17) is 0 Å². The molecule has 0 unspecified atom stereocenters. The van der Waals surface area contributed by atoms with Gasteiger partial charge in [-0.3, -0.25) is 4.79 Å². The lowest BCUT2D eigenvalue weighted by atomic mass is 10.2. The summed E-state index contributed by atoms with van der Waals surface area (Å²) in [5, 5.41) is 3.13. The molecule has 0 fully saturated rings. The third-order valence-electron chi connectivity index (χ3n) is 3.55.